The minimum Gasteiger partial charge on any atom is -0.444 e. The average Bonchev–Trinajstić information content (AvgIpc) is 3.50. The Kier molecular flexibility index (Phi) is 7.32. The van der Waals surface area contributed by atoms with E-state index in [-0.39, 0.29) is 24.4 Å². The summed E-state index contributed by atoms with van der Waals surface area (Å²) in [5.41, 5.74) is 0.156. The number of aliphatic imine (C=N–C) groups is 2. The van der Waals surface area contributed by atoms with Crippen molar-refractivity contribution in [2.45, 2.75) is 83.0 Å². The lowest BCUT2D eigenvalue weighted by molar-refractivity contribution is -0.197. The fraction of sp³-hybridized carbons (Fsp3) is 0.708. The van der Waals surface area contributed by atoms with Crippen LogP contribution in [-0.2, 0) is 18.9 Å². The number of alkyl carbamates (subject to hydrolysis) is 1. The molecule has 3 fully saturated rings. The monoisotopic (exact) mass is 509 g/mol. The Morgan fingerprint density at radius 2 is 2.06 bits per heavy atom. The Morgan fingerprint density at radius 3 is 2.71 bits per heavy atom. The van der Waals surface area contributed by atoms with E-state index < -0.39 is 23.7 Å². The number of rotatable bonds is 6. The highest BCUT2D eigenvalue weighted by molar-refractivity contribution is 6.70. The van der Waals surface area contributed by atoms with Crippen LogP contribution in [0.5, 0.6) is 0 Å². The van der Waals surface area contributed by atoms with E-state index in [0.29, 0.717) is 29.6 Å². The molecular weight excluding hydrogens is 474 g/mol. The quantitative estimate of drug-likeness (QED) is 0.590. The highest BCUT2D eigenvalue weighted by atomic mass is 35.5. The number of likely N-dealkylation sites (tertiary alicyclic amines) is 1. The summed E-state index contributed by atoms with van der Waals surface area (Å²) in [6.45, 7) is 15.3. The molecule has 4 rings (SSSR count). The van der Waals surface area contributed by atoms with Gasteiger partial charge in [-0.3, -0.25) is 9.89 Å². The third kappa shape index (κ3) is 5.72. The first-order valence-electron chi connectivity index (χ1n) is 11.9. The maximum Gasteiger partial charge on any atom is 0.407 e. The number of halogens is 1. The third-order valence-corrected chi connectivity index (χ3v) is 6.66. The molecular formula is C24H36ClN5O5. The fourth-order valence-corrected chi connectivity index (χ4v) is 5.12. The van der Waals surface area contributed by atoms with Crippen molar-refractivity contribution >= 4 is 35.4 Å². The van der Waals surface area contributed by atoms with Crippen molar-refractivity contribution in [1.82, 2.24) is 14.8 Å². The van der Waals surface area contributed by atoms with Gasteiger partial charge in [0, 0.05) is 38.9 Å². The van der Waals surface area contributed by atoms with E-state index in [4.69, 9.17) is 30.5 Å². The minimum atomic E-state index is -0.734. The van der Waals surface area contributed by atoms with Crippen molar-refractivity contribution in [2.75, 3.05) is 26.7 Å². The van der Waals surface area contributed by atoms with Crippen molar-refractivity contribution in [1.29, 1.82) is 0 Å². The average molecular weight is 510 g/mol. The molecule has 1 amide bonds. The Morgan fingerprint density at radius 1 is 1.34 bits per heavy atom. The van der Waals surface area contributed by atoms with Gasteiger partial charge in [0.25, 0.3) is 0 Å². The van der Waals surface area contributed by atoms with Gasteiger partial charge in [-0.25, -0.2) is 9.79 Å². The van der Waals surface area contributed by atoms with Gasteiger partial charge < -0.3 is 28.8 Å². The Hall–Kier alpha value is -1.98. The number of carbonyl (C=O) groups excluding carboxylic acids is 1. The van der Waals surface area contributed by atoms with Gasteiger partial charge in [0.05, 0.1) is 5.56 Å². The molecule has 4 heterocycles. The van der Waals surface area contributed by atoms with Crippen LogP contribution in [-0.4, -0.2) is 89.9 Å². The largest absolute Gasteiger partial charge is 0.444 e. The number of hydrogen-bond acceptors (Lipinski definition) is 8. The zero-order valence-corrected chi connectivity index (χ0v) is 22.0. The van der Waals surface area contributed by atoms with Crippen molar-refractivity contribution in [2.24, 2.45) is 9.98 Å². The highest BCUT2D eigenvalue weighted by Gasteiger charge is 2.56. The van der Waals surface area contributed by atoms with Gasteiger partial charge >= 0.3 is 6.09 Å². The van der Waals surface area contributed by atoms with Gasteiger partial charge in [-0.05, 0) is 53.8 Å². The van der Waals surface area contributed by atoms with Crippen LogP contribution < -0.4 is 5.32 Å². The zero-order valence-electron chi connectivity index (χ0n) is 21.3. The van der Waals surface area contributed by atoms with Crippen LogP contribution >= 0.6 is 11.6 Å². The van der Waals surface area contributed by atoms with E-state index >= 15 is 0 Å². The summed E-state index contributed by atoms with van der Waals surface area (Å²) < 4.78 is 26.3. The summed E-state index contributed by atoms with van der Waals surface area (Å²) >= 11 is 6.28. The van der Waals surface area contributed by atoms with E-state index in [1.807, 2.05) is 51.4 Å². The molecule has 1 aromatic rings. The Labute approximate surface area is 211 Å². The molecule has 3 aliphatic rings. The maximum absolute atomic E-state index is 12.2. The second-order valence-electron chi connectivity index (χ2n) is 10.7. The topological polar surface area (TPSA) is 98.9 Å². The smallest absolute Gasteiger partial charge is 0.407 e. The maximum atomic E-state index is 12.2. The molecule has 3 aliphatic heterocycles. The first kappa shape index (κ1) is 26.1. The van der Waals surface area contributed by atoms with Crippen molar-refractivity contribution in [3.05, 3.63) is 17.8 Å². The predicted octanol–water partition coefficient (Wildman–Crippen LogP) is 3.45. The molecule has 3 saturated heterocycles. The first-order chi connectivity index (χ1) is 16.4. The molecule has 194 valence electrons. The molecule has 5 atom stereocenters. The number of ether oxygens (including phenoxy) is 4. The van der Waals surface area contributed by atoms with Crippen LogP contribution in [0.1, 0.15) is 52.8 Å². The number of amides is 1. The van der Waals surface area contributed by atoms with E-state index in [2.05, 4.69) is 26.9 Å². The number of hydrogen-bond donors (Lipinski definition) is 1. The first-order valence-corrected chi connectivity index (χ1v) is 12.3. The predicted molar refractivity (Wildman–Crippen MR) is 134 cm³/mol. The molecule has 35 heavy (non-hydrogen) atoms. The standard InChI is InChI=1S/C24H36ClN5O5/c1-23(2,3)35-22(31)28-14-8-10-29(12-14)13-16-17-18(34-24(4,5)33-17)21(32-16)30-11-9-15(19(25)26-6)20(30)27-7/h9,11,14,16-18,21H,7-8,10,12-13H2,1-6H3,(H,28,31)/t14?,16-,17-,18-,21-/m1/s1. The van der Waals surface area contributed by atoms with Crippen molar-refractivity contribution in [3.8, 4) is 0 Å². The second-order valence-corrected chi connectivity index (χ2v) is 11.0. The lowest BCUT2D eigenvalue weighted by Crippen LogP contribution is -2.43. The highest BCUT2D eigenvalue weighted by Crippen LogP contribution is 2.45. The van der Waals surface area contributed by atoms with E-state index in [1.165, 1.54) is 0 Å². The van der Waals surface area contributed by atoms with Crippen LogP contribution in [0, 0.1) is 0 Å². The van der Waals surface area contributed by atoms with Crippen LogP contribution in [0.4, 0.5) is 10.6 Å². The van der Waals surface area contributed by atoms with Crippen molar-refractivity contribution < 1.29 is 23.7 Å². The molecule has 0 saturated carbocycles. The molecule has 0 spiro atoms. The minimum absolute atomic E-state index is 0.0223. The van der Waals surface area contributed by atoms with Gasteiger partial charge in [-0.1, -0.05) is 11.6 Å². The number of carbonyl (C=O) groups is 1. The second kappa shape index (κ2) is 9.82. The summed E-state index contributed by atoms with van der Waals surface area (Å²) in [5.74, 6) is -0.164. The Bertz CT molecular complexity index is 987. The summed E-state index contributed by atoms with van der Waals surface area (Å²) in [4.78, 5) is 22.7. The molecule has 10 nitrogen and oxygen atoms in total. The number of aromatic nitrogens is 1. The molecule has 0 radical (unpaired) electrons. The summed E-state index contributed by atoms with van der Waals surface area (Å²) in [5, 5.41) is 3.32. The van der Waals surface area contributed by atoms with E-state index in [9.17, 15) is 4.79 Å². The molecule has 11 heteroatoms. The van der Waals surface area contributed by atoms with Crippen LogP contribution in [0.2, 0.25) is 0 Å². The lowest BCUT2D eigenvalue weighted by Gasteiger charge is -2.27. The van der Waals surface area contributed by atoms with Gasteiger partial charge in [-0.15, -0.1) is 0 Å². The number of fused-ring (bicyclic) bond motifs is 1. The molecule has 1 unspecified atom stereocenters. The molecule has 0 bridgehead atoms. The zero-order chi connectivity index (χ0) is 25.5. The van der Waals surface area contributed by atoms with Gasteiger partial charge in [-0.2, -0.15) is 0 Å². The van der Waals surface area contributed by atoms with Crippen LogP contribution in [0.25, 0.3) is 0 Å². The molecule has 1 aromatic heterocycles. The number of nitrogens with one attached hydrogen (secondary N) is 1. The third-order valence-electron chi connectivity index (χ3n) is 6.29. The van der Waals surface area contributed by atoms with E-state index in [1.54, 1.807) is 7.05 Å². The normalized spacial score (nSPS) is 30.9. The fourth-order valence-electron chi connectivity index (χ4n) is 4.97. The van der Waals surface area contributed by atoms with Gasteiger partial charge in [0.2, 0.25) is 0 Å². The van der Waals surface area contributed by atoms with Gasteiger partial charge in [0.1, 0.15) is 34.9 Å². The lowest BCUT2D eigenvalue weighted by atomic mass is 10.1. The van der Waals surface area contributed by atoms with Crippen molar-refractivity contribution in [3.63, 3.8) is 0 Å². The molecule has 1 N–H and O–H groups in total. The summed E-state index contributed by atoms with van der Waals surface area (Å²) in [7, 11) is 1.63. The summed E-state index contributed by atoms with van der Waals surface area (Å²) in [6.07, 6.45) is 1.04. The van der Waals surface area contributed by atoms with E-state index in [0.717, 1.165) is 13.0 Å². The Balaban J connectivity index is 1.46. The molecule has 0 aliphatic carbocycles. The SMILES string of the molecule is C=Nc1c(C(Cl)=NC)ccn1[C@@H]1O[C@H](CN2CCC(NC(=O)OC(C)(C)C)C2)[C@H]2OC(C)(C)O[C@H]21. The van der Waals surface area contributed by atoms with Crippen LogP contribution in [0.15, 0.2) is 22.2 Å². The number of nitrogens with zero attached hydrogens (tertiary/aromatic N) is 4. The molecule has 0 aromatic carbocycles. The van der Waals surface area contributed by atoms with Crippen LogP contribution in [0.3, 0.4) is 0 Å². The van der Waals surface area contributed by atoms with Gasteiger partial charge in [0.15, 0.2) is 12.0 Å². The summed E-state index contributed by atoms with van der Waals surface area (Å²) in [6, 6.07) is 1.87.